The van der Waals surface area contributed by atoms with Crippen molar-refractivity contribution in [2.24, 2.45) is 11.7 Å². The lowest BCUT2D eigenvalue weighted by atomic mass is 9.86. The van der Waals surface area contributed by atoms with Crippen LogP contribution >= 0.6 is 11.3 Å². The molecule has 0 saturated heterocycles. The van der Waals surface area contributed by atoms with E-state index >= 15 is 0 Å². The molecule has 1 amide bonds. The summed E-state index contributed by atoms with van der Waals surface area (Å²) in [5.41, 5.74) is 5.23. The number of carbonyl (C=O) groups excluding carboxylic acids is 1. The minimum absolute atomic E-state index is 0.0167. The molecular weight excluding hydrogens is 316 g/mol. The fourth-order valence-corrected chi connectivity index (χ4v) is 4.82. The summed E-state index contributed by atoms with van der Waals surface area (Å²) in [6.07, 6.45) is 2.22. The highest BCUT2D eigenvalue weighted by atomic mass is 32.2. The lowest BCUT2D eigenvalue weighted by molar-refractivity contribution is -0.122. The van der Waals surface area contributed by atoms with Crippen LogP contribution < -0.4 is 10.5 Å². The SMILES string of the molecule is NC(=O)C1CCC(NS(=O)(=O)c2ccc(C(=O)O)s2)CC1. The highest BCUT2D eigenvalue weighted by Gasteiger charge is 2.28. The molecule has 1 aliphatic carbocycles. The fourth-order valence-electron chi connectivity index (χ4n) is 2.35. The number of carbonyl (C=O) groups is 2. The van der Waals surface area contributed by atoms with Gasteiger partial charge < -0.3 is 10.8 Å². The van der Waals surface area contributed by atoms with Gasteiger partial charge in [0.15, 0.2) is 0 Å². The van der Waals surface area contributed by atoms with Gasteiger partial charge in [-0.25, -0.2) is 17.9 Å². The van der Waals surface area contributed by atoms with Crippen LogP contribution in [0.1, 0.15) is 35.4 Å². The molecule has 1 aromatic rings. The quantitative estimate of drug-likeness (QED) is 0.734. The molecule has 1 aliphatic rings. The summed E-state index contributed by atoms with van der Waals surface area (Å²) >= 11 is 0.718. The molecule has 7 nitrogen and oxygen atoms in total. The molecule has 0 aliphatic heterocycles. The second-order valence-electron chi connectivity index (χ2n) is 5.00. The third-order valence-corrected chi connectivity index (χ3v) is 6.59. The molecule has 21 heavy (non-hydrogen) atoms. The van der Waals surface area contributed by atoms with Gasteiger partial charge in [0, 0.05) is 12.0 Å². The molecule has 9 heteroatoms. The molecule has 0 bridgehead atoms. The van der Waals surface area contributed by atoms with E-state index in [2.05, 4.69) is 4.72 Å². The first-order valence-electron chi connectivity index (χ1n) is 6.44. The third-order valence-electron chi connectivity index (χ3n) is 3.51. The minimum atomic E-state index is -3.72. The zero-order valence-corrected chi connectivity index (χ0v) is 12.7. The number of nitrogens with two attached hydrogens (primary N) is 1. The lowest BCUT2D eigenvalue weighted by Crippen LogP contribution is -2.39. The maximum absolute atomic E-state index is 12.2. The average molecular weight is 332 g/mol. The van der Waals surface area contributed by atoms with Crippen LogP contribution in [-0.4, -0.2) is 31.4 Å². The Morgan fingerprint density at radius 1 is 1.24 bits per heavy atom. The van der Waals surface area contributed by atoms with Crippen molar-refractivity contribution in [3.63, 3.8) is 0 Å². The molecule has 2 rings (SSSR count). The molecule has 1 heterocycles. The Balaban J connectivity index is 2.01. The second kappa shape index (κ2) is 6.12. The van der Waals surface area contributed by atoms with Crippen LogP contribution in [0.5, 0.6) is 0 Å². The van der Waals surface area contributed by atoms with Crippen LogP contribution in [0.25, 0.3) is 0 Å². The number of carboxylic acids is 1. The number of nitrogens with one attached hydrogen (secondary N) is 1. The van der Waals surface area contributed by atoms with Crippen LogP contribution in [0.4, 0.5) is 0 Å². The van der Waals surface area contributed by atoms with Crippen molar-refractivity contribution < 1.29 is 23.1 Å². The monoisotopic (exact) mass is 332 g/mol. The van der Waals surface area contributed by atoms with Crippen molar-refractivity contribution in [2.45, 2.75) is 35.9 Å². The fraction of sp³-hybridized carbons (Fsp3) is 0.500. The van der Waals surface area contributed by atoms with Gasteiger partial charge in [-0.15, -0.1) is 11.3 Å². The van der Waals surface area contributed by atoms with Gasteiger partial charge in [-0.1, -0.05) is 0 Å². The molecular formula is C12H16N2O5S2. The van der Waals surface area contributed by atoms with Crippen LogP contribution in [-0.2, 0) is 14.8 Å². The predicted molar refractivity (Wildman–Crippen MR) is 76.5 cm³/mol. The first kappa shape index (κ1) is 15.9. The number of sulfonamides is 1. The van der Waals surface area contributed by atoms with Crippen molar-refractivity contribution in [2.75, 3.05) is 0 Å². The van der Waals surface area contributed by atoms with E-state index in [0.29, 0.717) is 25.7 Å². The predicted octanol–water partition coefficient (Wildman–Crippen LogP) is 0.769. The van der Waals surface area contributed by atoms with Crippen LogP contribution in [0.3, 0.4) is 0 Å². The minimum Gasteiger partial charge on any atom is -0.477 e. The summed E-state index contributed by atoms with van der Waals surface area (Å²) in [7, 11) is -3.72. The van der Waals surface area contributed by atoms with Crippen molar-refractivity contribution in [3.05, 3.63) is 17.0 Å². The van der Waals surface area contributed by atoms with Gasteiger partial charge in [0.25, 0.3) is 0 Å². The molecule has 0 spiro atoms. The summed E-state index contributed by atoms with van der Waals surface area (Å²) in [5.74, 6) is -1.69. The molecule has 1 fully saturated rings. The first-order chi connectivity index (χ1) is 9.79. The number of carboxylic acid groups (broad SMARTS) is 1. The third kappa shape index (κ3) is 3.80. The smallest absolute Gasteiger partial charge is 0.345 e. The molecule has 0 unspecified atom stereocenters. The molecule has 0 radical (unpaired) electrons. The number of hydrogen-bond donors (Lipinski definition) is 3. The van der Waals surface area contributed by atoms with Crippen molar-refractivity contribution in [1.82, 2.24) is 4.72 Å². The van der Waals surface area contributed by atoms with Crippen LogP contribution in [0.2, 0.25) is 0 Å². The highest BCUT2D eigenvalue weighted by molar-refractivity contribution is 7.91. The zero-order chi connectivity index (χ0) is 15.6. The van der Waals surface area contributed by atoms with E-state index in [1.807, 2.05) is 0 Å². The van der Waals surface area contributed by atoms with E-state index in [1.165, 1.54) is 12.1 Å². The Bertz CT molecular complexity index is 644. The van der Waals surface area contributed by atoms with E-state index in [4.69, 9.17) is 10.8 Å². The van der Waals surface area contributed by atoms with Gasteiger partial charge in [-0.3, -0.25) is 4.79 Å². The summed E-state index contributed by atoms with van der Waals surface area (Å²) < 4.78 is 26.9. The number of aromatic carboxylic acids is 1. The Morgan fingerprint density at radius 2 is 1.86 bits per heavy atom. The summed E-state index contributed by atoms with van der Waals surface area (Å²) in [6.45, 7) is 0. The number of hydrogen-bond acceptors (Lipinski definition) is 5. The van der Waals surface area contributed by atoms with E-state index < -0.39 is 16.0 Å². The van der Waals surface area contributed by atoms with Gasteiger partial charge in [0.05, 0.1) is 0 Å². The topological polar surface area (TPSA) is 127 Å². The maximum atomic E-state index is 12.2. The standard InChI is InChI=1S/C12H16N2O5S2/c13-11(15)7-1-3-8(4-2-7)14-21(18,19)10-6-5-9(20-10)12(16)17/h5-8,14H,1-4H2,(H2,13,15)(H,16,17). The second-order valence-corrected chi connectivity index (χ2v) is 8.02. The Morgan fingerprint density at radius 3 is 2.33 bits per heavy atom. The molecule has 1 aromatic heterocycles. The van der Waals surface area contributed by atoms with E-state index in [-0.39, 0.29) is 27.0 Å². The number of amides is 1. The van der Waals surface area contributed by atoms with Gasteiger partial charge in [0.2, 0.25) is 15.9 Å². The van der Waals surface area contributed by atoms with E-state index in [1.54, 1.807) is 0 Å². The highest BCUT2D eigenvalue weighted by Crippen LogP contribution is 2.27. The Hall–Kier alpha value is -1.45. The van der Waals surface area contributed by atoms with Crippen molar-refractivity contribution in [3.8, 4) is 0 Å². The Kier molecular flexibility index (Phi) is 4.64. The summed E-state index contributed by atoms with van der Waals surface area (Å²) in [4.78, 5) is 21.8. The zero-order valence-electron chi connectivity index (χ0n) is 11.1. The number of primary amides is 1. The molecule has 1 saturated carbocycles. The molecule has 116 valence electrons. The average Bonchev–Trinajstić information content (AvgIpc) is 2.89. The Labute approximate surface area is 126 Å². The van der Waals surface area contributed by atoms with Gasteiger partial charge >= 0.3 is 5.97 Å². The van der Waals surface area contributed by atoms with Gasteiger partial charge in [0.1, 0.15) is 9.09 Å². The maximum Gasteiger partial charge on any atom is 0.345 e. The van der Waals surface area contributed by atoms with E-state index in [9.17, 15) is 18.0 Å². The van der Waals surface area contributed by atoms with Crippen LogP contribution in [0, 0.1) is 5.92 Å². The van der Waals surface area contributed by atoms with Gasteiger partial charge in [-0.05, 0) is 37.8 Å². The summed E-state index contributed by atoms with van der Waals surface area (Å²) in [5, 5.41) is 8.82. The molecule has 0 atom stereocenters. The van der Waals surface area contributed by atoms with Crippen molar-refractivity contribution in [1.29, 1.82) is 0 Å². The van der Waals surface area contributed by atoms with Crippen LogP contribution in [0.15, 0.2) is 16.3 Å². The molecule has 4 N–H and O–H groups in total. The van der Waals surface area contributed by atoms with E-state index in [0.717, 1.165) is 11.3 Å². The lowest BCUT2D eigenvalue weighted by Gasteiger charge is -2.26. The first-order valence-corrected chi connectivity index (χ1v) is 8.74. The number of rotatable bonds is 5. The van der Waals surface area contributed by atoms with Gasteiger partial charge in [-0.2, -0.15) is 0 Å². The normalized spacial score (nSPS) is 22.9. The largest absolute Gasteiger partial charge is 0.477 e. The summed E-state index contributed by atoms with van der Waals surface area (Å²) in [6, 6.07) is 2.30. The number of thiophene rings is 1. The molecule has 0 aromatic carbocycles. The van der Waals surface area contributed by atoms with Crippen molar-refractivity contribution >= 4 is 33.2 Å².